The number of halogens is 5. The van der Waals surface area contributed by atoms with E-state index in [1.165, 1.54) is 13.0 Å². The van der Waals surface area contributed by atoms with Crippen molar-refractivity contribution in [1.82, 2.24) is 4.98 Å². The van der Waals surface area contributed by atoms with Crippen LogP contribution >= 0.6 is 23.2 Å². The van der Waals surface area contributed by atoms with E-state index in [2.05, 4.69) is 10.4 Å². The quantitative estimate of drug-likeness (QED) is 0.601. The summed E-state index contributed by atoms with van der Waals surface area (Å²) in [6.07, 6.45) is -4.61. The van der Waals surface area contributed by atoms with Crippen LogP contribution in [0.1, 0.15) is 16.8 Å². The van der Waals surface area contributed by atoms with E-state index in [9.17, 15) is 13.2 Å². The van der Waals surface area contributed by atoms with Crippen LogP contribution in [0, 0.1) is 13.8 Å². The zero-order valence-electron chi connectivity index (χ0n) is 10.5. The normalized spacial score (nSPS) is 12.0. The molecule has 3 nitrogen and oxygen atoms in total. The highest BCUT2D eigenvalue weighted by Crippen LogP contribution is 2.42. The second kappa shape index (κ2) is 4.95. The highest BCUT2D eigenvalue weighted by atomic mass is 35.5. The highest BCUT2D eigenvalue weighted by molar-refractivity contribution is 6.41. The van der Waals surface area contributed by atoms with Gasteiger partial charge in [0.15, 0.2) is 0 Å². The van der Waals surface area contributed by atoms with Crippen molar-refractivity contribution in [3.05, 3.63) is 32.9 Å². The minimum atomic E-state index is -4.61. The molecule has 0 atom stereocenters. The first kappa shape index (κ1) is 15.2. The first-order chi connectivity index (χ1) is 9.18. The molecule has 0 radical (unpaired) electrons. The number of rotatable bonds is 1. The monoisotopic (exact) mass is 323 g/mol. The SMILES string of the molecule is Cc1cc(Cl)c2nc(C(F)(F)F)c(C)c(NN)c2c1Cl. The van der Waals surface area contributed by atoms with Gasteiger partial charge >= 0.3 is 6.18 Å². The number of anilines is 1. The molecule has 0 bridgehead atoms. The van der Waals surface area contributed by atoms with E-state index in [1.807, 2.05) is 0 Å². The molecule has 1 aromatic heterocycles. The number of hydrogen-bond donors (Lipinski definition) is 2. The van der Waals surface area contributed by atoms with E-state index >= 15 is 0 Å². The van der Waals surface area contributed by atoms with Crippen molar-refractivity contribution in [1.29, 1.82) is 0 Å². The van der Waals surface area contributed by atoms with E-state index in [-0.39, 0.29) is 32.2 Å². The van der Waals surface area contributed by atoms with Crippen LogP contribution in [0.15, 0.2) is 6.07 Å². The molecule has 0 saturated carbocycles. The number of hydrogen-bond acceptors (Lipinski definition) is 3. The third-order valence-corrected chi connectivity index (χ3v) is 3.76. The first-order valence-electron chi connectivity index (χ1n) is 5.51. The minimum absolute atomic E-state index is 0.0341. The van der Waals surface area contributed by atoms with Gasteiger partial charge in [0.1, 0.15) is 5.69 Å². The van der Waals surface area contributed by atoms with Crippen molar-refractivity contribution < 1.29 is 13.2 Å². The zero-order chi connectivity index (χ0) is 15.2. The Morgan fingerprint density at radius 1 is 1.25 bits per heavy atom. The second-order valence-electron chi connectivity index (χ2n) is 4.32. The lowest BCUT2D eigenvalue weighted by molar-refractivity contribution is -0.141. The molecule has 0 spiro atoms. The molecular formula is C12H10Cl2F3N3. The molecule has 2 rings (SSSR count). The predicted molar refractivity (Wildman–Crippen MR) is 74.0 cm³/mol. The largest absolute Gasteiger partial charge is 0.433 e. The lowest BCUT2D eigenvalue weighted by Gasteiger charge is -2.17. The van der Waals surface area contributed by atoms with Gasteiger partial charge in [-0.1, -0.05) is 23.2 Å². The van der Waals surface area contributed by atoms with Gasteiger partial charge in [-0.25, -0.2) is 4.98 Å². The fraction of sp³-hybridized carbons (Fsp3) is 0.250. The van der Waals surface area contributed by atoms with Crippen LogP contribution in [0.4, 0.5) is 18.9 Å². The number of nitrogens with two attached hydrogens (primary N) is 1. The summed E-state index contributed by atoms with van der Waals surface area (Å²) in [6, 6.07) is 1.47. The Labute approximate surface area is 122 Å². The van der Waals surface area contributed by atoms with E-state index < -0.39 is 11.9 Å². The number of fused-ring (bicyclic) bond motifs is 1. The van der Waals surface area contributed by atoms with Crippen LogP contribution in [0.3, 0.4) is 0 Å². The highest BCUT2D eigenvalue weighted by Gasteiger charge is 2.36. The van der Waals surface area contributed by atoms with Gasteiger partial charge in [-0.15, -0.1) is 0 Å². The Morgan fingerprint density at radius 3 is 2.35 bits per heavy atom. The number of nitrogens with zero attached hydrogens (tertiary/aromatic N) is 1. The zero-order valence-corrected chi connectivity index (χ0v) is 12.0. The number of aryl methyl sites for hydroxylation is 1. The maximum atomic E-state index is 13.0. The Morgan fingerprint density at radius 2 is 1.85 bits per heavy atom. The molecule has 0 aliphatic heterocycles. The van der Waals surface area contributed by atoms with Crippen LogP contribution < -0.4 is 11.3 Å². The van der Waals surface area contributed by atoms with Gasteiger partial charge in [0.05, 0.1) is 21.2 Å². The Bertz CT molecular complexity index is 699. The summed E-state index contributed by atoms with van der Waals surface area (Å²) in [5.41, 5.74) is 1.75. The van der Waals surface area contributed by atoms with Crippen LogP contribution in [0.25, 0.3) is 10.9 Å². The second-order valence-corrected chi connectivity index (χ2v) is 5.10. The average molecular weight is 324 g/mol. The van der Waals surface area contributed by atoms with Crippen LogP contribution in [-0.4, -0.2) is 4.98 Å². The molecule has 1 heterocycles. The van der Waals surface area contributed by atoms with Crippen molar-refractivity contribution >= 4 is 39.8 Å². The maximum absolute atomic E-state index is 13.0. The Balaban J connectivity index is 3.04. The van der Waals surface area contributed by atoms with Gasteiger partial charge in [0, 0.05) is 10.9 Å². The average Bonchev–Trinajstić information content (AvgIpc) is 2.33. The lowest BCUT2D eigenvalue weighted by atomic mass is 10.0. The van der Waals surface area contributed by atoms with E-state index in [4.69, 9.17) is 29.0 Å². The van der Waals surface area contributed by atoms with E-state index in [0.717, 1.165) is 0 Å². The standard InChI is InChI=1S/C12H10Cl2F3N3/c1-4-3-6(13)10-7(8(4)14)9(20-18)5(2)11(19-10)12(15,16)17/h3H,18H2,1-2H3,(H,19,20). The minimum Gasteiger partial charge on any atom is -0.323 e. The van der Waals surface area contributed by atoms with Crippen molar-refractivity contribution in [3.8, 4) is 0 Å². The number of benzene rings is 1. The number of alkyl halides is 3. The molecule has 3 N–H and O–H groups in total. The summed E-state index contributed by atoms with van der Waals surface area (Å²) in [5.74, 6) is 5.35. The third kappa shape index (κ3) is 2.28. The third-order valence-electron chi connectivity index (χ3n) is 2.99. The summed E-state index contributed by atoms with van der Waals surface area (Å²) < 4.78 is 39.0. The smallest absolute Gasteiger partial charge is 0.323 e. The molecule has 0 aliphatic rings. The van der Waals surface area contributed by atoms with Gasteiger partial charge < -0.3 is 5.43 Å². The summed E-state index contributed by atoms with van der Waals surface area (Å²) in [4.78, 5) is 3.62. The van der Waals surface area contributed by atoms with Gasteiger partial charge in [-0.2, -0.15) is 13.2 Å². The van der Waals surface area contributed by atoms with Gasteiger partial charge in [0.2, 0.25) is 0 Å². The molecule has 20 heavy (non-hydrogen) atoms. The molecule has 0 aliphatic carbocycles. The molecular weight excluding hydrogens is 314 g/mol. The van der Waals surface area contributed by atoms with E-state index in [0.29, 0.717) is 5.56 Å². The number of pyridine rings is 1. The van der Waals surface area contributed by atoms with Crippen molar-refractivity contribution in [2.45, 2.75) is 20.0 Å². The van der Waals surface area contributed by atoms with Gasteiger partial charge in [-0.05, 0) is 25.5 Å². The predicted octanol–water partition coefficient (Wildman–Crippen LogP) is 4.46. The molecule has 8 heteroatoms. The fourth-order valence-electron chi connectivity index (χ4n) is 2.04. The molecule has 0 unspecified atom stereocenters. The van der Waals surface area contributed by atoms with Crippen molar-refractivity contribution in [3.63, 3.8) is 0 Å². The lowest BCUT2D eigenvalue weighted by Crippen LogP contribution is -2.16. The summed E-state index contributed by atoms with van der Waals surface area (Å²) in [5, 5.41) is 0.634. The number of hydrazine groups is 1. The molecule has 0 saturated heterocycles. The topological polar surface area (TPSA) is 50.9 Å². The van der Waals surface area contributed by atoms with Crippen LogP contribution in [0.5, 0.6) is 0 Å². The molecule has 0 amide bonds. The molecule has 1 aromatic carbocycles. The first-order valence-corrected chi connectivity index (χ1v) is 6.26. The van der Waals surface area contributed by atoms with Crippen LogP contribution in [0.2, 0.25) is 10.0 Å². The summed E-state index contributed by atoms with van der Waals surface area (Å²) >= 11 is 12.1. The molecule has 0 fully saturated rings. The Hall–Kier alpha value is -1.24. The van der Waals surface area contributed by atoms with E-state index in [1.54, 1.807) is 6.92 Å². The summed E-state index contributed by atoms with van der Waals surface area (Å²) in [7, 11) is 0. The van der Waals surface area contributed by atoms with Gasteiger partial charge in [-0.3, -0.25) is 5.84 Å². The van der Waals surface area contributed by atoms with Crippen LogP contribution in [-0.2, 0) is 6.18 Å². The van der Waals surface area contributed by atoms with Crippen molar-refractivity contribution in [2.75, 3.05) is 5.43 Å². The molecule has 2 aromatic rings. The number of nitrogen functional groups attached to an aromatic ring is 1. The number of aromatic nitrogens is 1. The Kier molecular flexibility index (Phi) is 3.75. The van der Waals surface area contributed by atoms with Crippen molar-refractivity contribution in [2.24, 2.45) is 5.84 Å². The maximum Gasteiger partial charge on any atom is 0.433 e. The summed E-state index contributed by atoms with van der Waals surface area (Å²) in [6.45, 7) is 2.97. The number of nitrogens with one attached hydrogen (secondary N) is 1. The fourth-order valence-corrected chi connectivity index (χ4v) is 2.58. The molecule has 108 valence electrons. The van der Waals surface area contributed by atoms with Gasteiger partial charge in [0.25, 0.3) is 0 Å².